The topological polar surface area (TPSA) is 29.1 Å². The fraction of sp³-hybridized carbons (Fsp3) is 0.350. The highest BCUT2D eigenvalue weighted by molar-refractivity contribution is 5.79. The van der Waals surface area contributed by atoms with Crippen molar-refractivity contribution in [3.63, 3.8) is 0 Å². The molecular formula is C20H20F3NO. The second-order valence-electron chi connectivity index (χ2n) is 6.53. The summed E-state index contributed by atoms with van der Waals surface area (Å²) in [5.74, 6) is -3.74. The molecule has 2 aromatic carbocycles. The molecule has 1 aliphatic rings. The van der Waals surface area contributed by atoms with Crippen LogP contribution in [0, 0.1) is 11.7 Å². The predicted octanol–water partition coefficient (Wildman–Crippen LogP) is 4.59. The number of benzene rings is 2. The third-order valence-corrected chi connectivity index (χ3v) is 4.54. The standard InChI is InChI=1S/C20H20F3NO/c21-18-6-2-1-5-17(18)15-9-7-14(8-10-15)4-3-11-24-19(25)16-12-20(22,23)13-16/h1-2,5-10,16H,3-4,11-13H2,(H,24,25). The summed E-state index contributed by atoms with van der Waals surface area (Å²) >= 11 is 0. The van der Waals surface area contributed by atoms with E-state index < -0.39 is 11.8 Å². The van der Waals surface area contributed by atoms with Crippen molar-refractivity contribution in [2.75, 3.05) is 6.54 Å². The summed E-state index contributed by atoms with van der Waals surface area (Å²) in [6.07, 6.45) is 0.819. The summed E-state index contributed by atoms with van der Waals surface area (Å²) in [6.45, 7) is 0.468. The minimum absolute atomic E-state index is 0.250. The molecule has 5 heteroatoms. The number of halogens is 3. The Labute approximate surface area is 145 Å². The van der Waals surface area contributed by atoms with Crippen molar-refractivity contribution < 1.29 is 18.0 Å². The van der Waals surface area contributed by atoms with Crippen LogP contribution in [0.1, 0.15) is 24.8 Å². The molecule has 0 saturated heterocycles. The number of aryl methyl sites for hydroxylation is 1. The van der Waals surface area contributed by atoms with E-state index >= 15 is 0 Å². The maximum atomic E-state index is 13.8. The van der Waals surface area contributed by atoms with Crippen molar-refractivity contribution in [1.82, 2.24) is 5.32 Å². The predicted molar refractivity (Wildman–Crippen MR) is 90.8 cm³/mol. The molecule has 0 atom stereocenters. The van der Waals surface area contributed by atoms with Crippen LogP contribution in [0.5, 0.6) is 0 Å². The van der Waals surface area contributed by atoms with Gasteiger partial charge in [0.15, 0.2) is 0 Å². The summed E-state index contributed by atoms with van der Waals surface area (Å²) in [4.78, 5) is 11.7. The molecule has 0 aliphatic heterocycles. The third-order valence-electron chi connectivity index (χ3n) is 4.54. The van der Waals surface area contributed by atoms with Gasteiger partial charge in [0.2, 0.25) is 11.8 Å². The molecule has 0 radical (unpaired) electrons. The zero-order chi connectivity index (χ0) is 17.9. The average Bonchev–Trinajstić information content (AvgIpc) is 2.57. The summed E-state index contributed by atoms with van der Waals surface area (Å²) in [6, 6.07) is 14.3. The van der Waals surface area contributed by atoms with Crippen LogP contribution in [0.25, 0.3) is 11.1 Å². The first-order valence-electron chi connectivity index (χ1n) is 8.44. The van der Waals surface area contributed by atoms with Gasteiger partial charge in [-0.25, -0.2) is 13.2 Å². The van der Waals surface area contributed by atoms with Crippen molar-refractivity contribution in [2.45, 2.75) is 31.6 Å². The number of rotatable bonds is 6. The molecule has 0 bridgehead atoms. The molecule has 25 heavy (non-hydrogen) atoms. The van der Waals surface area contributed by atoms with E-state index in [1.54, 1.807) is 18.2 Å². The monoisotopic (exact) mass is 347 g/mol. The molecule has 1 aliphatic carbocycles. The van der Waals surface area contributed by atoms with Gasteiger partial charge in [0.1, 0.15) is 5.82 Å². The largest absolute Gasteiger partial charge is 0.356 e. The zero-order valence-corrected chi connectivity index (χ0v) is 13.8. The lowest BCUT2D eigenvalue weighted by atomic mass is 9.81. The molecular weight excluding hydrogens is 327 g/mol. The van der Waals surface area contributed by atoms with Gasteiger partial charge in [0.05, 0.1) is 0 Å². The molecule has 1 fully saturated rings. The molecule has 1 amide bonds. The van der Waals surface area contributed by atoms with Crippen molar-refractivity contribution in [3.8, 4) is 11.1 Å². The number of hydrogen-bond donors (Lipinski definition) is 1. The normalized spacial score (nSPS) is 16.3. The Morgan fingerprint density at radius 2 is 1.76 bits per heavy atom. The van der Waals surface area contributed by atoms with Gasteiger partial charge in [-0.3, -0.25) is 4.79 Å². The summed E-state index contributed by atoms with van der Waals surface area (Å²) in [5, 5.41) is 2.72. The van der Waals surface area contributed by atoms with E-state index in [0.717, 1.165) is 24.0 Å². The number of nitrogens with one attached hydrogen (secondary N) is 1. The van der Waals surface area contributed by atoms with Gasteiger partial charge >= 0.3 is 0 Å². The molecule has 0 spiro atoms. The Bertz CT molecular complexity index is 735. The molecule has 2 aromatic rings. The first kappa shape index (κ1) is 17.5. The molecule has 3 rings (SSSR count). The molecule has 0 unspecified atom stereocenters. The third kappa shape index (κ3) is 4.41. The van der Waals surface area contributed by atoms with Gasteiger partial charge in [-0.05, 0) is 30.0 Å². The maximum absolute atomic E-state index is 13.8. The zero-order valence-electron chi connectivity index (χ0n) is 13.8. The Hall–Kier alpha value is -2.30. The molecule has 1 N–H and O–H groups in total. The molecule has 132 valence electrons. The fourth-order valence-electron chi connectivity index (χ4n) is 3.04. The number of carbonyl (C=O) groups is 1. The highest BCUT2D eigenvalue weighted by Crippen LogP contribution is 2.42. The summed E-state index contributed by atoms with van der Waals surface area (Å²) in [7, 11) is 0. The van der Waals surface area contributed by atoms with Gasteiger partial charge in [0.25, 0.3) is 0 Å². The van der Waals surface area contributed by atoms with E-state index in [1.165, 1.54) is 6.07 Å². The Balaban J connectivity index is 1.43. The Morgan fingerprint density at radius 1 is 1.08 bits per heavy atom. The van der Waals surface area contributed by atoms with Crippen molar-refractivity contribution >= 4 is 5.91 Å². The number of carbonyl (C=O) groups excluding carboxylic acids is 1. The van der Waals surface area contributed by atoms with E-state index in [0.29, 0.717) is 12.1 Å². The lowest BCUT2D eigenvalue weighted by Crippen LogP contribution is -2.45. The lowest BCUT2D eigenvalue weighted by molar-refractivity contribution is -0.150. The average molecular weight is 347 g/mol. The highest BCUT2D eigenvalue weighted by atomic mass is 19.3. The first-order valence-corrected chi connectivity index (χ1v) is 8.44. The number of hydrogen-bond acceptors (Lipinski definition) is 1. The van der Waals surface area contributed by atoms with Crippen LogP contribution in [0.4, 0.5) is 13.2 Å². The van der Waals surface area contributed by atoms with Gasteiger partial charge in [-0.15, -0.1) is 0 Å². The summed E-state index contributed by atoms with van der Waals surface area (Å²) < 4.78 is 39.2. The van der Waals surface area contributed by atoms with Crippen LogP contribution in [-0.2, 0) is 11.2 Å². The SMILES string of the molecule is O=C(NCCCc1ccc(-c2ccccc2F)cc1)C1CC(F)(F)C1. The fourth-order valence-corrected chi connectivity index (χ4v) is 3.04. The summed E-state index contributed by atoms with van der Waals surface area (Å²) in [5.41, 5.74) is 2.48. The van der Waals surface area contributed by atoms with Crippen molar-refractivity contribution in [2.24, 2.45) is 5.92 Å². The lowest BCUT2D eigenvalue weighted by Gasteiger charge is -2.33. The van der Waals surface area contributed by atoms with Crippen LogP contribution < -0.4 is 5.32 Å². The minimum atomic E-state index is -2.66. The van der Waals surface area contributed by atoms with Crippen LogP contribution in [-0.4, -0.2) is 18.4 Å². The molecule has 1 saturated carbocycles. The van der Waals surface area contributed by atoms with Gasteiger partial charge in [0, 0.05) is 30.9 Å². The van der Waals surface area contributed by atoms with Crippen LogP contribution >= 0.6 is 0 Å². The molecule has 2 nitrogen and oxygen atoms in total. The Morgan fingerprint density at radius 3 is 2.40 bits per heavy atom. The first-order chi connectivity index (χ1) is 11.9. The van der Waals surface area contributed by atoms with Crippen LogP contribution in [0.2, 0.25) is 0 Å². The number of amides is 1. The second-order valence-corrected chi connectivity index (χ2v) is 6.53. The minimum Gasteiger partial charge on any atom is -0.356 e. The van der Waals surface area contributed by atoms with Crippen molar-refractivity contribution in [3.05, 3.63) is 59.9 Å². The van der Waals surface area contributed by atoms with Gasteiger partial charge in [-0.1, -0.05) is 42.5 Å². The smallest absolute Gasteiger partial charge is 0.249 e. The molecule has 0 heterocycles. The van der Waals surface area contributed by atoms with Crippen LogP contribution in [0.15, 0.2) is 48.5 Å². The number of alkyl halides is 2. The van der Waals surface area contributed by atoms with Gasteiger partial charge in [-0.2, -0.15) is 0 Å². The molecule has 0 aromatic heterocycles. The van der Waals surface area contributed by atoms with Crippen LogP contribution in [0.3, 0.4) is 0 Å². The second kappa shape index (κ2) is 7.30. The van der Waals surface area contributed by atoms with E-state index in [2.05, 4.69) is 5.32 Å². The highest BCUT2D eigenvalue weighted by Gasteiger charge is 2.48. The van der Waals surface area contributed by atoms with E-state index in [1.807, 2.05) is 24.3 Å². The quantitative estimate of drug-likeness (QED) is 0.761. The van der Waals surface area contributed by atoms with Gasteiger partial charge < -0.3 is 5.32 Å². The Kier molecular flexibility index (Phi) is 5.11. The maximum Gasteiger partial charge on any atom is 0.249 e. The van der Waals surface area contributed by atoms with Crippen molar-refractivity contribution in [1.29, 1.82) is 0 Å². The van der Waals surface area contributed by atoms with E-state index in [-0.39, 0.29) is 24.6 Å². The van der Waals surface area contributed by atoms with E-state index in [9.17, 15) is 18.0 Å². The van der Waals surface area contributed by atoms with E-state index in [4.69, 9.17) is 0 Å².